The monoisotopic (exact) mass is 360 g/mol. The van der Waals surface area contributed by atoms with Gasteiger partial charge < -0.3 is 24.1 Å². The molecule has 2 rings (SSSR count). The average molecular weight is 360 g/mol. The Hall–Kier alpha value is -2.96. The maximum Gasteiger partial charge on any atom is 0.339 e. The van der Waals surface area contributed by atoms with Crippen LogP contribution in [0.5, 0.6) is 11.5 Å². The molecule has 1 aromatic heterocycles. The molecule has 0 aliphatic carbocycles. The van der Waals surface area contributed by atoms with Crippen molar-refractivity contribution < 1.29 is 23.8 Å². The maximum absolute atomic E-state index is 12.8. The smallest absolute Gasteiger partial charge is 0.339 e. The lowest BCUT2D eigenvalue weighted by Crippen LogP contribution is -2.27. The van der Waals surface area contributed by atoms with E-state index in [1.807, 2.05) is 12.1 Å². The van der Waals surface area contributed by atoms with E-state index in [9.17, 15) is 9.59 Å². The molecule has 7 nitrogen and oxygen atoms in total. The number of ether oxygens (including phenoxy) is 3. The first-order valence-electron chi connectivity index (χ1n) is 8.07. The van der Waals surface area contributed by atoms with Crippen molar-refractivity contribution in [2.24, 2.45) is 0 Å². The largest absolute Gasteiger partial charge is 0.493 e. The molecule has 26 heavy (non-hydrogen) atoms. The molecule has 0 saturated carbocycles. The van der Waals surface area contributed by atoms with Crippen LogP contribution >= 0.6 is 0 Å². The molecule has 140 valence electrons. The summed E-state index contributed by atoms with van der Waals surface area (Å²) in [6.45, 7) is 3.85. The first kappa shape index (κ1) is 19.4. The van der Waals surface area contributed by atoms with Crippen LogP contribution in [0.4, 0.5) is 0 Å². The first-order valence-corrected chi connectivity index (χ1v) is 8.07. The molecule has 1 heterocycles. The van der Waals surface area contributed by atoms with E-state index in [4.69, 9.17) is 14.2 Å². The summed E-state index contributed by atoms with van der Waals surface area (Å²) in [5, 5.41) is 0. The topological polar surface area (TPSA) is 80.9 Å². The highest BCUT2D eigenvalue weighted by molar-refractivity contribution is 6.00. The molecule has 0 radical (unpaired) electrons. The van der Waals surface area contributed by atoms with E-state index in [2.05, 4.69) is 4.98 Å². The van der Waals surface area contributed by atoms with Crippen LogP contribution in [-0.4, -0.2) is 50.1 Å². The standard InChI is InChI=1S/C19H24N2O5/c1-11-16(19(23)26-6)12(2)20-17(11)18(22)21(3)10-13-7-8-14(24-4)15(9-13)25-5/h7-9,20H,10H2,1-6H3. The van der Waals surface area contributed by atoms with Gasteiger partial charge in [-0.2, -0.15) is 0 Å². The summed E-state index contributed by atoms with van der Waals surface area (Å²) in [7, 11) is 6.16. The summed E-state index contributed by atoms with van der Waals surface area (Å²) >= 11 is 0. The number of carbonyl (C=O) groups is 2. The Balaban J connectivity index is 2.24. The van der Waals surface area contributed by atoms with E-state index >= 15 is 0 Å². The Morgan fingerprint density at radius 3 is 2.31 bits per heavy atom. The predicted molar refractivity (Wildman–Crippen MR) is 96.9 cm³/mol. The predicted octanol–water partition coefficient (Wildman–Crippen LogP) is 2.71. The van der Waals surface area contributed by atoms with Crippen LogP contribution in [0.15, 0.2) is 18.2 Å². The number of H-pyrrole nitrogens is 1. The highest BCUT2D eigenvalue weighted by Gasteiger charge is 2.24. The summed E-state index contributed by atoms with van der Waals surface area (Å²) in [6, 6.07) is 5.50. The number of aromatic nitrogens is 1. The van der Waals surface area contributed by atoms with Gasteiger partial charge in [-0.1, -0.05) is 6.07 Å². The number of esters is 1. The van der Waals surface area contributed by atoms with Crippen molar-refractivity contribution in [3.8, 4) is 11.5 Å². The van der Waals surface area contributed by atoms with Crippen LogP contribution < -0.4 is 9.47 Å². The van der Waals surface area contributed by atoms with Crippen molar-refractivity contribution in [3.05, 3.63) is 46.3 Å². The second kappa shape index (κ2) is 7.95. The average Bonchev–Trinajstić information content (AvgIpc) is 2.94. The maximum atomic E-state index is 12.8. The molecule has 1 amide bonds. The van der Waals surface area contributed by atoms with Crippen molar-refractivity contribution in [3.63, 3.8) is 0 Å². The zero-order chi connectivity index (χ0) is 19.4. The number of hydrogen-bond donors (Lipinski definition) is 1. The van der Waals surface area contributed by atoms with E-state index in [0.717, 1.165) is 5.56 Å². The number of benzene rings is 1. The van der Waals surface area contributed by atoms with Gasteiger partial charge in [0, 0.05) is 19.3 Å². The lowest BCUT2D eigenvalue weighted by atomic mass is 10.1. The van der Waals surface area contributed by atoms with Gasteiger partial charge in [0.15, 0.2) is 11.5 Å². The molecule has 0 unspecified atom stereocenters. The van der Waals surface area contributed by atoms with Gasteiger partial charge >= 0.3 is 5.97 Å². The summed E-state index contributed by atoms with van der Waals surface area (Å²) < 4.78 is 15.3. The third kappa shape index (κ3) is 3.66. The molecular formula is C19H24N2O5. The highest BCUT2D eigenvalue weighted by atomic mass is 16.5. The molecule has 0 bridgehead atoms. The van der Waals surface area contributed by atoms with Crippen LogP contribution in [0.25, 0.3) is 0 Å². The molecule has 1 N–H and O–H groups in total. The number of aryl methyl sites for hydroxylation is 1. The van der Waals surface area contributed by atoms with Gasteiger partial charge in [0.2, 0.25) is 0 Å². The number of rotatable bonds is 6. The zero-order valence-electron chi connectivity index (χ0n) is 15.9. The van der Waals surface area contributed by atoms with Crippen molar-refractivity contribution >= 4 is 11.9 Å². The molecule has 7 heteroatoms. The molecule has 1 aromatic carbocycles. The van der Waals surface area contributed by atoms with Crippen molar-refractivity contribution in [1.82, 2.24) is 9.88 Å². The van der Waals surface area contributed by atoms with Gasteiger partial charge in [-0.3, -0.25) is 4.79 Å². The fourth-order valence-electron chi connectivity index (χ4n) is 2.89. The molecule has 0 fully saturated rings. The summed E-state index contributed by atoms with van der Waals surface area (Å²) in [4.78, 5) is 29.3. The molecule has 0 aliphatic rings. The quantitative estimate of drug-likeness (QED) is 0.801. The van der Waals surface area contributed by atoms with Gasteiger partial charge in [0.1, 0.15) is 5.69 Å². The number of hydrogen-bond acceptors (Lipinski definition) is 5. The van der Waals surface area contributed by atoms with Gasteiger partial charge in [-0.15, -0.1) is 0 Å². The molecule has 0 atom stereocenters. The summed E-state index contributed by atoms with van der Waals surface area (Å²) in [5.74, 6) is 0.558. The van der Waals surface area contributed by atoms with Gasteiger partial charge in [-0.05, 0) is 37.1 Å². The summed E-state index contributed by atoms with van der Waals surface area (Å²) in [5.41, 5.74) is 2.87. The van der Waals surface area contributed by atoms with Crippen molar-refractivity contribution in [2.45, 2.75) is 20.4 Å². The Morgan fingerprint density at radius 1 is 1.08 bits per heavy atom. The fourth-order valence-corrected chi connectivity index (χ4v) is 2.89. The number of carbonyl (C=O) groups excluding carboxylic acids is 2. The molecular weight excluding hydrogens is 336 g/mol. The van der Waals surface area contributed by atoms with Gasteiger partial charge in [0.25, 0.3) is 5.91 Å². The SMILES string of the molecule is COC(=O)c1c(C)[nH]c(C(=O)N(C)Cc2ccc(OC)c(OC)c2)c1C. The van der Waals surface area contributed by atoms with E-state index in [1.54, 1.807) is 46.1 Å². The molecule has 0 spiro atoms. The van der Waals surface area contributed by atoms with Crippen molar-refractivity contribution in [2.75, 3.05) is 28.4 Å². The van der Waals surface area contributed by atoms with Crippen LogP contribution in [0, 0.1) is 13.8 Å². The first-order chi connectivity index (χ1) is 12.3. The van der Waals surface area contributed by atoms with Crippen LogP contribution in [0.1, 0.15) is 37.7 Å². The third-order valence-electron chi connectivity index (χ3n) is 4.26. The lowest BCUT2D eigenvalue weighted by Gasteiger charge is -2.18. The van der Waals surface area contributed by atoms with Crippen LogP contribution in [-0.2, 0) is 11.3 Å². The van der Waals surface area contributed by atoms with E-state index in [0.29, 0.717) is 40.6 Å². The zero-order valence-corrected chi connectivity index (χ0v) is 15.9. The number of nitrogens with zero attached hydrogens (tertiary/aromatic N) is 1. The normalized spacial score (nSPS) is 10.4. The number of nitrogens with one attached hydrogen (secondary N) is 1. The summed E-state index contributed by atoms with van der Waals surface area (Å²) in [6.07, 6.45) is 0. The minimum absolute atomic E-state index is 0.212. The van der Waals surface area contributed by atoms with Gasteiger partial charge in [-0.25, -0.2) is 4.79 Å². The highest BCUT2D eigenvalue weighted by Crippen LogP contribution is 2.28. The second-order valence-corrected chi connectivity index (χ2v) is 5.97. The van der Waals surface area contributed by atoms with Gasteiger partial charge in [0.05, 0.1) is 26.9 Å². The second-order valence-electron chi connectivity index (χ2n) is 5.97. The molecule has 0 saturated heterocycles. The Morgan fingerprint density at radius 2 is 1.73 bits per heavy atom. The van der Waals surface area contributed by atoms with E-state index < -0.39 is 5.97 Å². The number of methoxy groups -OCH3 is 3. The van der Waals surface area contributed by atoms with Crippen molar-refractivity contribution in [1.29, 1.82) is 0 Å². The van der Waals surface area contributed by atoms with Crippen LogP contribution in [0.3, 0.4) is 0 Å². The number of aromatic amines is 1. The molecule has 2 aromatic rings. The fraction of sp³-hybridized carbons (Fsp3) is 0.368. The Labute approximate surface area is 152 Å². The Kier molecular flexibility index (Phi) is 5.92. The Bertz CT molecular complexity index is 826. The molecule has 0 aliphatic heterocycles. The van der Waals surface area contributed by atoms with Crippen LogP contribution in [0.2, 0.25) is 0 Å². The van der Waals surface area contributed by atoms with E-state index in [1.165, 1.54) is 7.11 Å². The third-order valence-corrected chi connectivity index (χ3v) is 4.26. The minimum atomic E-state index is -0.460. The lowest BCUT2D eigenvalue weighted by molar-refractivity contribution is 0.0599. The van der Waals surface area contributed by atoms with E-state index in [-0.39, 0.29) is 5.91 Å². The number of amides is 1. The minimum Gasteiger partial charge on any atom is -0.493 e.